The highest BCUT2D eigenvalue weighted by Gasteiger charge is 2.32. The zero-order valence-corrected chi connectivity index (χ0v) is 11.4. The lowest BCUT2D eigenvalue weighted by Crippen LogP contribution is -2.12. The van der Waals surface area contributed by atoms with Crippen molar-refractivity contribution in [3.63, 3.8) is 0 Å². The average Bonchev–Trinajstić information content (AvgIpc) is 2.88. The lowest BCUT2D eigenvalue weighted by atomic mass is 10.1. The summed E-state index contributed by atoms with van der Waals surface area (Å²) in [5.41, 5.74) is 0.338. The standard InChI is InChI=1S/C14H15F4N3/c1-2-19-6-10-3-4-13(15)11(5-10)8-21-9-12(7-20-21)14(16,17)18/h3-5,7,9,19H,2,6,8H2,1H3. The van der Waals surface area contributed by atoms with Crippen LogP contribution in [0, 0.1) is 5.82 Å². The van der Waals surface area contributed by atoms with Crippen LogP contribution in [0.4, 0.5) is 17.6 Å². The van der Waals surface area contributed by atoms with Crippen LogP contribution in [0.1, 0.15) is 23.6 Å². The summed E-state index contributed by atoms with van der Waals surface area (Å²) in [7, 11) is 0. The summed E-state index contributed by atoms with van der Waals surface area (Å²) >= 11 is 0. The van der Waals surface area contributed by atoms with Gasteiger partial charge in [0.2, 0.25) is 0 Å². The van der Waals surface area contributed by atoms with Crippen molar-refractivity contribution in [1.29, 1.82) is 0 Å². The topological polar surface area (TPSA) is 29.9 Å². The fourth-order valence-electron chi connectivity index (χ4n) is 1.90. The number of rotatable bonds is 5. The molecule has 7 heteroatoms. The van der Waals surface area contributed by atoms with Gasteiger partial charge in [-0.25, -0.2) is 4.39 Å². The summed E-state index contributed by atoms with van der Waals surface area (Å²) in [6.07, 6.45) is -2.83. The first-order chi connectivity index (χ1) is 9.90. The molecule has 2 aromatic rings. The molecule has 1 N–H and O–H groups in total. The smallest absolute Gasteiger partial charge is 0.313 e. The first-order valence-corrected chi connectivity index (χ1v) is 6.48. The van der Waals surface area contributed by atoms with E-state index >= 15 is 0 Å². The van der Waals surface area contributed by atoms with Crippen molar-refractivity contribution in [2.45, 2.75) is 26.2 Å². The maximum atomic E-state index is 13.7. The first kappa shape index (κ1) is 15.5. The Morgan fingerprint density at radius 2 is 2.05 bits per heavy atom. The minimum absolute atomic E-state index is 0.0398. The highest BCUT2D eigenvalue weighted by atomic mass is 19.4. The number of halogens is 4. The second-order valence-electron chi connectivity index (χ2n) is 4.63. The SMILES string of the molecule is CCNCc1ccc(F)c(Cn2cc(C(F)(F)F)cn2)c1. The lowest BCUT2D eigenvalue weighted by molar-refractivity contribution is -0.137. The van der Waals surface area contributed by atoms with E-state index in [0.717, 1.165) is 29.2 Å². The molecular weight excluding hydrogens is 286 g/mol. The lowest BCUT2D eigenvalue weighted by Gasteiger charge is -2.08. The highest BCUT2D eigenvalue weighted by Crippen LogP contribution is 2.28. The normalized spacial score (nSPS) is 11.9. The van der Waals surface area contributed by atoms with Crippen molar-refractivity contribution < 1.29 is 17.6 Å². The van der Waals surface area contributed by atoms with E-state index in [1.807, 2.05) is 6.92 Å². The molecule has 0 aliphatic carbocycles. The fraction of sp³-hybridized carbons (Fsp3) is 0.357. The Kier molecular flexibility index (Phi) is 4.62. The van der Waals surface area contributed by atoms with E-state index in [-0.39, 0.29) is 6.54 Å². The maximum Gasteiger partial charge on any atom is 0.419 e. The van der Waals surface area contributed by atoms with Gasteiger partial charge < -0.3 is 5.32 Å². The van der Waals surface area contributed by atoms with Gasteiger partial charge in [-0.3, -0.25) is 4.68 Å². The van der Waals surface area contributed by atoms with Gasteiger partial charge in [-0.15, -0.1) is 0 Å². The van der Waals surface area contributed by atoms with Gasteiger partial charge >= 0.3 is 6.18 Å². The number of hydrogen-bond donors (Lipinski definition) is 1. The summed E-state index contributed by atoms with van der Waals surface area (Å²) < 4.78 is 52.3. The van der Waals surface area contributed by atoms with E-state index in [0.29, 0.717) is 12.1 Å². The van der Waals surface area contributed by atoms with E-state index in [2.05, 4.69) is 10.4 Å². The molecule has 1 aromatic carbocycles. The molecule has 0 bridgehead atoms. The predicted molar refractivity (Wildman–Crippen MR) is 70.1 cm³/mol. The molecule has 114 valence electrons. The molecule has 2 rings (SSSR count). The van der Waals surface area contributed by atoms with Gasteiger partial charge in [0.15, 0.2) is 0 Å². The van der Waals surface area contributed by atoms with Gasteiger partial charge in [0, 0.05) is 18.3 Å². The Labute approximate surface area is 119 Å². The van der Waals surface area contributed by atoms with Gasteiger partial charge in [-0.05, 0) is 24.2 Å². The summed E-state index contributed by atoms with van der Waals surface area (Å²) in [5.74, 6) is -0.459. The highest BCUT2D eigenvalue weighted by molar-refractivity contribution is 5.25. The van der Waals surface area contributed by atoms with E-state index in [1.54, 1.807) is 12.1 Å². The number of aromatic nitrogens is 2. The van der Waals surface area contributed by atoms with Crippen LogP contribution >= 0.6 is 0 Å². The third-order valence-electron chi connectivity index (χ3n) is 2.98. The van der Waals surface area contributed by atoms with Crippen LogP contribution in [0.25, 0.3) is 0 Å². The van der Waals surface area contributed by atoms with Crippen LogP contribution in [-0.4, -0.2) is 16.3 Å². The molecule has 3 nitrogen and oxygen atoms in total. The van der Waals surface area contributed by atoms with Crippen molar-refractivity contribution in [1.82, 2.24) is 15.1 Å². The van der Waals surface area contributed by atoms with Gasteiger partial charge in [0.05, 0.1) is 18.3 Å². The largest absolute Gasteiger partial charge is 0.419 e. The number of nitrogens with one attached hydrogen (secondary N) is 1. The zero-order valence-electron chi connectivity index (χ0n) is 11.4. The number of alkyl halides is 3. The van der Waals surface area contributed by atoms with Crippen LogP contribution in [0.3, 0.4) is 0 Å². The molecule has 0 unspecified atom stereocenters. The Balaban J connectivity index is 2.16. The van der Waals surface area contributed by atoms with E-state index in [4.69, 9.17) is 0 Å². The third-order valence-corrected chi connectivity index (χ3v) is 2.98. The molecule has 0 aliphatic heterocycles. The van der Waals surface area contributed by atoms with Crippen molar-refractivity contribution in [3.8, 4) is 0 Å². The van der Waals surface area contributed by atoms with Crippen LogP contribution in [0.15, 0.2) is 30.6 Å². The van der Waals surface area contributed by atoms with E-state index < -0.39 is 17.6 Å². The van der Waals surface area contributed by atoms with Crippen LogP contribution < -0.4 is 5.32 Å². The summed E-state index contributed by atoms with van der Waals surface area (Å²) in [6.45, 7) is 3.27. The van der Waals surface area contributed by atoms with Gasteiger partial charge in [0.1, 0.15) is 5.82 Å². The second kappa shape index (κ2) is 6.26. The van der Waals surface area contributed by atoms with Crippen molar-refractivity contribution in [2.75, 3.05) is 6.54 Å². The summed E-state index contributed by atoms with van der Waals surface area (Å²) in [5, 5.41) is 6.73. The third kappa shape index (κ3) is 4.04. The predicted octanol–water partition coefficient (Wildman–Crippen LogP) is 3.20. The molecule has 0 saturated heterocycles. The van der Waals surface area contributed by atoms with Crippen LogP contribution in [0.5, 0.6) is 0 Å². The zero-order chi connectivity index (χ0) is 15.5. The second-order valence-corrected chi connectivity index (χ2v) is 4.63. The van der Waals surface area contributed by atoms with Gasteiger partial charge in [-0.1, -0.05) is 13.0 Å². The van der Waals surface area contributed by atoms with Crippen molar-refractivity contribution in [3.05, 3.63) is 53.1 Å². The minimum Gasteiger partial charge on any atom is -0.313 e. The number of benzene rings is 1. The van der Waals surface area contributed by atoms with Gasteiger partial charge in [-0.2, -0.15) is 18.3 Å². The minimum atomic E-state index is -4.44. The van der Waals surface area contributed by atoms with Crippen LogP contribution in [0.2, 0.25) is 0 Å². The maximum absolute atomic E-state index is 13.7. The van der Waals surface area contributed by atoms with Gasteiger partial charge in [0.25, 0.3) is 0 Å². The van der Waals surface area contributed by atoms with E-state index in [1.165, 1.54) is 6.07 Å². The molecule has 21 heavy (non-hydrogen) atoms. The molecule has 0 fully saturated rings. The molecule has 0 amide bonds. The Morgan fingerprint density at radius 1 is 1.29 bits per heavy atom. The quantitative estimate of drug-likeness (QED) is 0.860. The Morgan fingerprint density at radius 3 is 2.67 bits per heavy atom. The molecule has 0 aliphatic rings. The first-order valence-electron chi connectivity index (χ1n) is 6.48. The summed E-state index contributed by atoms with van der Waals surface area (Å²) in [6, 6.07) is 4.59. The van der Waals surface area contributed by atoms with E-state index in [9.17, 15) is 17.6 Å². The molecule has 0 spiro atoms. The molecule has 0 saturated carbocycles. The monoisotopic (exact) mass is 301 g/mol. The van der Waals surface area contributed by atoms with Crippen molar-refractivity contribution >= 4 is 0 Å². The van der Waals surface area contributed by atoms with Crippen molar-refractivity contribution in [2.24, 2.45) is 0 Å². The number of nitrogens with zero attached hydrogens (tertiary/aromatic N) is 2. The fourth-order valence-corrected chi connectivity index (χ4v) is 1.90. The Hall–Kier alpha value is -1.89. The average molecular weight is 301 g/mol. The molecule has 1 aromatic heterocycles. The molecule has 1 heterocycles. The summed E-state index contributed by atoms with van der Waals surface area (Å²) in [4.78, 5) is 0. The molecule has 0 radical (unpaired) electrons. The molecular formula is C14H15F4N3. The van der Waals surface area contributed by atoms with Crippen LogP contribution in [-0.2, 0) is 19.3 Å². The molecule has 0 atom stereocenters. The number of hydrogen-bond acceptors (Lipinski definition) is 2. The Bertz CT molecular complexity index is 605.